The molecule has 0 bridgehead atoms. The topological polar surface area (TPSA) is 49.4 Å². The van der Waals surface area contributed by atoms with E-state index in [0.717, 1.165) is 18.7 Å². The van der Waals surface area contributed by atoms with Crippen LogP contribution in [0.15, 0.2) is 36.4 Å². The molecule has 1 heterocycles. The van der Waals surface area contributed by atoms with Gasteiger partial charge in [-0.05, 0) is 37.6 Å². The minimum absolute atomic E-state index is 0.145. The minimum atomic E-state index is -0.164. The van der Waals surface area contributed by atoms with Gasteiger partial charge in [-0.2, -0.15) is 0 Å². The molecule has 4 heteroatoms. The number of allylic oxidation sites excluding steroid dienone is 1. The molecule has 18 heavy (non-hydrogen) atoms. The predicted octanol–water partition coefficient (Wildman–Crippen LogP) is 2.33. The zero-order valence-electron chi connectivity index (χ0n) is 10.3. The summed E-state index contributed by atoms with van der Waals surface area (Å²) in [5.74, 6) is -0.0191. The van der Waals surface area contributed by atoms with Crippen LogP contribution in [0.25, 0.3) is 0 Å². The highest BCUT2D eigenvalue weighted by molar-refractivity contribution is 6.00. The number of nitrogens with one attached hydrogen (secondary N) is 1. The molecule has 2 amide bonds. The number of hydrogen-bond acceptors (Lipinski definition) is 2. The fourth-order valence-corrected chi connectivity index (χ4v) is 2.01. The van der Waals surface area contributed by atoms with Gasteiger partial charge in [-0.1, -0.05) is 12.1 Å². The lowest BCUT2D eigenvalue weighted by Gasteiger charge is -2.16. The number of hydrogen-bond donors (Lipinski definition) is 1. The number of carbonyl (C=O) groups is 2. The van der Waals surface area contributed by atoms with Crippen molar-refractivity contribution in [1.82, 2.24) is 0 Å². The fourth-order valence-electron chi connectivity index (χ4n) is 2.01. The van der Waals surface area contributed by atoms with Crippen LogP contribution in [0.1, 0.15) is 19.8 Å². The molecule has 0 aromatic heterocycles. The van der Waals surface area contributed by atoms with Gasteiger partial charge in [0.1, 0.15) is 0 Å². The molecule has 1 aliphatic heterocycles. The maximum Gasteiger partial charge on any atom is 0.248 e. The van der Waals surface area contributed by atoms with Crippen molar-refractivity contribution in [3.63, 3.8) is 0 Å². The fraction of sp³-hybridized carbons (Fsp3) is 0.286. The van der Waals surface area contributed by atoms with Crippen LogP contribution in [0.4, 0.5) is 11.4 Å². The molecule has 0 aliphatic carbocycles. The van der Waals surface area contributed by atoms with Crippen molar-refractivity contribution in [2.45, 2.75) is 19.8 Å². The molecular weight excluding hydrogens is 228 g/mol. The van der Waals surface area contributed by atoms with E-state index in [0.29, 0.717) is 12.1 Å². The van der Waals surface area contributed by atoms with Gasteiger partial charge in [0.25, 0.3) is 0 Å². The van der Waals surface area contributed by atoms with Crippen molar-refractivity contribution in [3.8, 4) is 0 Å². The summed E-state index contributed by atoms with van der Waals surface area (Å²) in [7, 11) is 0. The lowest BCUT2D eigenvalue weighted by molar-refractivity contribution is -0.117. The minimum Gasteiger partial charge on any atom is -0.322 e. The molecule has 2 rings (SSSR count). The maximum absolute atomic E-state index is 11.6. The van der Waals surface area contributed by atoms with Gasteiger partial charge in [-0.25, -0.2) is 0 Å². The Kier molecular flexibility index (Phi) is 3.77. The van der Waals surface area contributed by atoms with Crippen LogP contribution in [0.5, 0.6) is 0 Å². The van der Waals surface area contributed by atoms with Crippen LogP contribution in [0.2, 0.25) is 0 Å². The van der Waals surface area contributed by atoms with E-state index in [1.165, 1.54) is 6.08 Å². The molecule has 1 N–H and O–H groups in total. The van der Waals surface area contributed by atoms with Gasteiger partial charge in [0.2, 0.25) is 11.8 Å². The second-order valence-corrected chi connectivity index (χ2v) is 4.19. The van der Waals surface area contributed by atoms with Gasteiger partial charge in [0.05, 0.1) is 0 Å². The average Bonchev–Trinajstić information content (AvgIpc) is 2.76. The van der Waals surface area contributed by atoms with Crippen LogP contribution < -0.4 is 10.2 Å². The summed E-state index contributed by atoms with van der Waals surface area (Å²) < 4.78 is 0. The van der Waals surface area contributed by atoms with Crippen LogP contribution in [0.3, 0.4) is 0 Å². The van der Waals surface area contributed by atoms with E-state index in [9.17, 15) is 9.59 Å². The lowest BCUT2D eigenvalue weighted by atomic mass is 10.2. The molecule has 1 saturated heterocycles. The summed E-state index contributed by atoms with van der Waals surface area (Å²) in [6, 6.07) is 7.36. The lowest BCUT2D eigenvalue weighted by Crippen LogP contribution is -2.23. The van der Waals surface area contributed by atoms with E-state index in [-0.39, 0.29) is 11.8 Å². The van der Waals surface area contributed by atoms with E-state index in [4.69, 9.17) is 0 Å². The number of nitrogens with zero attached hydrogens (tertiary/aromatic N) is 1. The smallest absolute Gasteiger partial charge is 0.248 e. The van der Waals surface area contributed by atoms with Gasteiger partial charge in [0.15, 0.2) is 0 Å². The molecule has 0 saturated carbocycles. The van der Waals surface area contributed by atoms with Crippen LogP contribution in [-0.4, -0.2) is 18.4 Å². The van der Waals surface area contributed by atoms with Gasteiger partial charge < -0.3 is 10.2 Å². The first-order valence-electron chi connectivity index (χ1n) is 6.05. The van der Waals surface area contributed by atoms with Crippen molar-refractivity contribution in [2.75, 3.05) is 16.8 Å². The Balaban J connectivity index is 2.14. The molecule has 0 atom stereocenters. The van der Waals surface area contributed by atoms with Gasteiger partial charge in [-0.3, -0.25) is 9.59 Å². The highest BCUT2D eigenvalue weighted by atomic mass is 16.2. The van der Waals surface area contributed by atoms with E-state index in [1.807, 2.05) is 24.3 Å². The van der Waals surface area contributed by atoms with Crippen LogP contribution in [-0.2, 0) is 9.59 Å². The molecule has 94 valence electrons. The largest absolute Gasteiger partial charge is 0.322 e. The highest BCUT2D eigenvalue weighted by Crippen LogP contribution is 2.24. The Labute approximate surface area is 106 Å². The van der Waals surface area contributed by atoms with Crippen molar-refractivity contribution in [1.29, 1.82) is 0 Å². The third kappa shape index (κ3) is 2.77. The highest BCUT2D eigenvalue weighted by Gasteiger charge is 2.21. The number of carbonyl (C=O) groups excluding carboxylic acids is 2. The maximum atomic E-state index is 11.6. The van der Waals surface area contributed by atoms with Crippen molar-refractivity contribution in [3.05, 3.63) is 36.4 Å². The molecule has 0 spiro atoms. The van der Waals surface area contributed by atoms with Crippen LogP contribution in [0, 0.1) is 0 Å². The van der Waals surface area contributed by atoms with E-state index in [1.54, 1.807) is 17.9 Å². The second kappa shape index (κ2) is 5.49. The van der Waals surface area contributed by atoms with E-state index < -0.39 is 0 Å². The standard InChI is InChI=1S/C14H16N2O2/c1-2-5-13(17)15-11-6-3-7-12(10-11)16-9-4-8-14(16)18/h2-3,5-7,10H,4,8-9H2,1H3,(H,15,17). The summed E-state index contributed by atoms with van der Waals surface area (Å²) >= 11 is 0. The van der Waals surface area contributed by atoms with Crippen molar-refractivity contribution >= 4 is 23.2 Å². The van der Waals surface area contributed by atoms with E-state index >= 15 is 0 Å². The first kappa shape index (κ1) is 12.4. The Morgan fingerprint density at radius 2 is 2.28 bits per heavy atom. The molecule has 0 unspecified atom stereocenters. The van der Waals surface area contributed by atoms with Gasteiger partial charge >= 0.3 is 0 Å². The third-order valence-corrected chi connectivity index (χ3v) is 2.82. The Hall–Kier alpha value is -2.10. The SMILES string of the molecule is CC=CC(=O)Nc1cccc(N2CCCC2=O)c1. The molecule has 0 radical (unpaired) electrons. The van der Waals surface area contributed by atoms with Crippen molar-refractivity contribution < 1.29 is 9.59 Å². The predicted molar refractivity (Wildman–Crippen MR) is 71.5 cm³/mol. The van der Waals surface area contributed by atoms with Crippen LogP contribution >= 0.6 is 0 Å². The Morgan fingerprint density at radius 1 is 1.44 bits per heavy atom. The molecule has 1 aromatic carbocycles. The number of amides is 2. The molecule has 4 nitrogen and oxygen atoms in total. The number of benzene rings is 1. The van der Waals surface area contributed by atoms with E-state index in [2.05, 4.69) is 5.32 Å². The monoisotopic (exact) mass is 244 g/mol. The average molecular weight is 244 g/mol. The second-order valence-electron chi connectivity index (χ2n) is 4.19. The van der Waals surface area contributed by atoms with Crippen molar-refractivity contribution in [2.24, 2.45) is 0 Å². The van der Waals surface area contributed by atoms with Gasteiger partial charge in [0, 0.05) is 24.3 Å². The summed E-state index contributed by atoms with van der Waals surface area (Å²) in [5, 5.41) is 2.76. The number of rotatable bonds is 3. The Morgan fingerprint density at radius 3 is 2.94 bits per heavy atom. The molecule has 1 fully saturated rings. The first-order chi connectivity index (χ1) is 8.70. The summed E-state index contributed by atoms with van der Waals surface area (Å²) in [4.78, 5) is 24.8. The number of anilines is 2. The quantitative estimate of drug-likeness (QED) is 0.829. The third-order valence-electron chi connectivity index (χ3n) is 2.82. The van der Waals surface area contributed by atoms with Gasteiger partial charge in [-0.15, -0.1) is 0 Å². The normalized spacial score (nSPS) is 15.4. The first-order valence-corrected chi connectivity index (χ1v) is 6.05. The zero-order chi connectivity index (χ0) is 13.0. The summed E-state index contributed by atoms with van der Waals surface area (Å²) in [5.41, 5.74) is 1.55. The zero-order valence-corrected chi connectivity index (χ0v) is 10.3. The summed E-state index contributed by atoms with van der Waals surface area (Å²) in [6.45, 7) is 2.55. The molecular formula is C14H16N2O2. The molecule has 1 aromatic rings. The summed E-state index contributed by atoms with van der Waals surface area (Å²) in [6.07, 6.45) is 4.65. The Bertz CT molecular complexity index is 494. The molecule has 1 aliphatic rings.